The molecule has 0 saturated carbocycles. The molecule has 3 rings (SSSR count). The van der Waals surface area contributed by atoms with Crippen LogP contribution in [0.3, 0.4) is 0 Å². The van der Waals surface area contributed by atoms with Gasteiger partial charge in [0.1, 0.15) is 4.90 Å². The normalized spacial score (nSPS) is 15.8. The van der Waals surface area contributed by atoms with Gasteiger partial charge in [0.15, 0.2) is 0 Å². The number of hydrogen-bond donors (Lipinski definition) is 0. The summed E-state index contributed by atoms with van der Waals surface area (Å²) in [5, 5.41) is 0.208. The van der Waals surface area contributed by atoms with Crippen molar-refractivity contribution in [3.8, 4) is 0 Å². The molecule has 1 aliphatic heterocycles. The molecule has 0 aliphatic carbocycles. The van der Waals surface area contributed by atoms with E-state index in [4.69, 9.17) is 11.6 Å². The predicted octanol–water partition coefficient (Wildman–Crippen LogP) is 3.21. The van der Waals surface area contributed by atoms with Crippen molar-refractivity contribution in [2.75, 3.05) is 32.4 Å². The number of halogens is 1. The molecular formula is C18H19ClN2O3S2. The van der Waals surface area contributed by atoms with Gasteiger partial charge in [0, 0.05) is 31.1 Å². The molecule has 8 heteroatoms. The molecule has 1 amide bonds. The van der Waals surface area contributed by atoms with Gasteiger partial charge in [-0.25, -0.2) is 8.42 Å². The van der Waals surface area contributed by atoms with Crippen molar-refractivity contribution in [1.29, 1.82) is 0 Å². The molecule has 5 nitrogen and oxygen atoms in total. The maximum Gasteiger partial charge on any atom is 0.255 e. The zero-order chi connectivity index (χ0) is 18.7. The lowest BCUT2D eigenvalue weighted by Gasteiger charge is -2.34. The minimum absolute atomic E-state index is 0.0651. The van der Waals surface area contributed by atoms with Gasteiger partial charge >= 0.3 is 0 Å². The molecule has 26 heavy (non-hydrogen) atoms. The largest absolute Gasteiger partial charge is 0.336 e. The molecular weight excluding hydrogens is 392 g/mol. The quantitative estimate of drug-likeness (QED) is 0.726. The summed E-state index contributed by atoms with van der Waals surface area (Å²) >= 11 is 7.57. The van der Waals surface area contributed by atoms with Crippen LogP contribution in [0.1, 0.15) is 10.4 Å². The summed E-state index contributed by atoms with van der Waals surface area (Å²) in [5.41, 5.74) is 0.655. The van der Waals surface area contributed by atoms with Crippen molar-refractivity contribution in [2.24, 2.45) is 0 Å². The van der Waals surface area contributed by atoms with E-state index in [1.165, 1.54) is 22.1 Å². The average molecular weight is 411 g/mol. The van der Waals surface area contributed by atoms with Gasteiger partial charge in [-0.3, -0.25) is 4.79 Å². The fourth-order valence-electron chi connectivity index (χ4n) is 2.92. The minimum Gasteiger partial charge on any atom is -0.336 e. The summed E-state index contributed by atoms with van der Waals surface area (Å²) in [7, 11) is -3.66. The first kappa shape index (κ1) is 19.2. The molecule has 0 aromatic heterocycles. The summed E-state index contributed by atoms with van der Waals surface area (Å²) in [6.07, 6.45) is 1.93. The van der Waals surface area contributed by atoms with Crippen molar-refractivity contribution in [3.05, 3.63) is 59.1 Å². The van der Waals surface area contributed by atoms with Crippen LogP contribution >= 0.6 is 23.4 Å². The minimum atomic E-state index is -3.66. The number of sulfonamides is 1. The highest BCUT2D eigenvalue weighted by molar-refractivity contribution is 7.98. The molecule has 0 N–H and O–H groups in total. The molecule has 2 aromatic rings. The lowest BCUT2D eigenvalue weighted by molar-refractivity contribution is 0.0694. The van der Waals surface area contributed by atoms with Crippen LogP contribution in [0, 0.1) is 0 Å². The number of carbonyl (C=O) groups is 1. The van der Waals surface area contributed by atoms with E-state index in [1.54, 1.807) is 29.2 Å². The monoisotopic (exact) mass is 410 g/mol. The number of amides is 1. The highest BCUT2D eigenvalue weighted by Crippen LogP contribution is 2.26. The summed E-state index contributed by atoms with van der Waals surface area (Å²) in [5.74, 6) is -0.0651. The van der Waals surface area contributed by atoms with Crippen LogP contribution in [0.2, 0.25) is 5.02 Å². The topological polar surface area (TPSA) is 57.7 Å². The summed E-state index contributed by atoms with van der Waals surface area (Å²) < 4.78 is 27.0. The molecule has 0 bridgehead atoms. The van der Waals surface area contributed by atoms with E-state index >= 15 is 0 Å². The Labute approximate surface area is 163 Å². The van der Waals surface area contributed by atoms with Gasteiger partial charge in [-0.15, -0.1) is 11.8 Å². The Morgan fingerprint density at radius 1 is 1.00 bits per heavy atom. The van der Waals surface area contributed by atoms with E-state index in [9.17, 15) is 13.2 Å². The number of hydrogen-bond acceptors (Lipinski definition) is 4. The Hall–Kier alpha value is -1.54. The van der Waals surface area contributed by atoms with E-state index < -0.39 is 10.0 Å². The Kier molecular flexibility index (Phi) is 5.92. The van der Waals surface area contributed by atoms with Crippen molar-refractivity contribution in [3.63, 3.8) is 0 Å². The standard InChI is InChI=1S/C18H19ClN2O3S2/c1-25-16-8-4-2-6-14(16)18(22)20-10-12-21(13-11-20)26(23,24)17-9-5-3-7-15(17)19/h2-9H,10-13H2,1H3. The van der Waals surface area contributed by atoms with Gasteiger partial charge in [-0.05, 0) is 30.5 Å². The van der Waals surface area contributed by atoms with Gasteiger partial charge in [0.25, 0.3) is 5.91 Å². The van der Waals surface area contributed by atoms with E-state index in [1.807, 2.05) is 24.5 Å². The molecule has 1 fully saturated rings. The molecule has 0 unspecified atom stereocenters. The summed E-state index contributed by atoms with van der Waals surface area (Å²) in [6.45, 7) is 1.21. The lowest BCUT2D eigenvalue weighted by Crippen LogP contribution is -2.50. The Morgan fingerprint density at radius 3 is 2.27 bits per heavy atom. The molecule has 0 spiro atoms. The molecule has 1 heterocycles. The first-order chi connectivity index (χ1) is 12.4. The van der Waals surface area contributed by atoms with Gasteiger partial charge in [-0.1, -0.05) is 35.9 Å². The third-order valence-corrected chi connectivity index (χ3v) is 7.51. The van der Waals surface area contributed by atoms with Gasteiger partial charge in [0.05, 0.1) is 10.6 Å². The second kappa shape index (κ2) is 8.00. The number of nitrogens with zero attached hydrogens (tertiary/aromatic N) is 2. The summed E-state index contributed by atoms with van der Waals surface area (Å²) in [4.78, 5) is 15.5. The van der Waals surface area contributed by atoms with Crippen LogP contribution in [-0.4, -0.2) is 56.0 Å². The first-order valence-electron chi connectivity index (χ1n) is 8.12. The van der Waals surface area contributed by atoms with Gasteiger partial charge in [-0.2, -0.15) is 4.31 Å². The van der Waals surface area contributed by atoms with Crippen molar-refractivity contribution in [1.82, 2.24) is 9.21 Å². The third-order valence-electron chi connectivity index (χ3n) is 4.32. The van der Waals surface area contributed by atoms with Crippen LogP contribution in [0.5, 0.6) is 0 Å². The fraction of sp³-hybridized carbons (Fsp3) is 0.278. The van der Waals surface area contributed by atoms with E-state index in [0.29, 0.717) is 18.7 Å². The van der Waals surface area contributed by atoms with Crippen LogP contribution < -0.4 is 0 Å². The summed E-state index contributed by atoms with van der Waals surface area (Å²) in [6, 6.07) is 13.9. The molecule has 2 aromatic carbocycles. The van der Waals surface area contributed by atoms with Crippen LogP contribution in [-0.2, 0) is 10.0 Å². The third kappa shape index (κ3) is 3.76. The molecule has 1 saturated heterocycles. The van der Waals surface area contributed by atoms with E-state index in [2.05, 4.69) is 0 Å². The van der Waals surface area contributed by atoms with Gasteiger partial charge in [0.2, 0.25) is 10.0 Å². The molecule has 1 aliphatic rings. The highest BCUT2D eigenvalue weighted by Gasteiger charge is 2.31. The van der Waals surface area contributed by atoms with Gasteiger partial charge < -0.3 is 4.90 Å². The van der Waals surface area contributed by atoms with Crippen LogP contribution in [0.4, 0.5) is 0 Å². The molecule has 0 radical (unpaired) electrons. The maximum absolute atomic E-state index is 12.8. The molecule has 138 valence electrons. The second-order valence-electron chi connectivity index (χ2n) is 5.83. The highest BCUT2D eigenvalue weighted by atomic mass is 35.5. The first-order valence-corrected chi connectivity index (χ1v) is 11.2. The second-order valence-corrected chi connectivity index (χ2v) is 8.99. The lowest BCUT2D eigenvalue weighted by atomic mass is 10.2. The Morgan fingerprint density at radius 2 is 1.62 bits per heavy atom. The van der Waals surface area contributed by atoms with Crippen molar-refractivity contribution < 1.29 is 13.2 Å². The number of rotatable bonds is 4. The zero-order valence-corrected chi connectivity index (χ0v) is 16.6. The van der Waals surface area contributed by atoms with Crippen LogP contribution in [0.15, 0.2) is 58.3 Å². The molecule has 0 atom stereocenters. The number of thioether (sulfide) groups is 1. The maximum atomic E-state index is 12.8. The average Bonchev–Trinajstić information content (AvgIpc) is 2.67. The number of carbonyl (C=O) groups excluding carboxylic acids is 1. The van der Waals surface area contributed by atoms with E-state index in [0.717, 1.165) is 4.90 Å². The van der Waals surface area contributed by atoms with Crippen molar-refractivity contribution in [2.45, 2.75) is 9.79 Å². The number of piperazine rings is 1. The predicted molar refractivity (Wildman–Crippen MR) is 104 cm³/mol. The smallest absolute Gasteiger partial charge is 0.255 e. The van der Waals surface area contributed by atoms with E-state index in [-0.39, 0.29) is 28.9 Å². The van der Waals surface area contributed by atoms with Crippen LogP contribution in [0.25, 0.3) is 0 Å². The zero-order valence-electron chi connectivity index (χ0n) is 14.3. The number of benzene rings is 2. The Bertz CT molecular complexity index is 910. The van der Waals surface area contributed by atoms with Crippen molar-refractivity contribution >= 4 is 39.3 Å². The fourth-order valence-corrected chi connectivity index (χ4v) is 5.42. The Balaban J connectivity index is 1.73. The SMILES string of the molecule is CSc1ccccc1C(=O)N1CCN(S(=O)(=O)c2ccccc2Cl)CC1.